The van der Waals surface area contributed by atoms with Crippen molar-refractivity contribution < 1.29 is 10.0 Å². The Balaban J connectivity index is 2.17. The minimum atomic E-state index is -0.542. The fourth-order valence-corrected chi connectivity index (χ4v) is 1.88. The zero-order valence-corrected chi connectivity index (χ0v) is 10.6. The summed E-state index contributed by atoms with van der Waals surface area (Å²) in [4.78, 5) is 10.3. The van der Waals surface area contributed by atoms with E-state index in [0.29, 0.717) is 17.3 Å². The van der Waals surface area contributed by atoms with Crippen LogP contribution in [-0.2, 0) is 6.54 Å². The molecular weight excluding hydrogens is 268 g/mol. The molecule has 19 heavy (non-hydrogen) atoms. The first-order valence-electron chi connectivity index (χ1n) is 5.52. The number of hydrogen-bond acceptors (Lipinski definition) is 4. The lowest BCUT2D eigenvalue weighted by Crippen LogP contribution is -2.02. The second-order valence-corrected chi connectivity index (χ2v) is 4.38. The van der Waals surface area contributed by atoms with E-state index in [4.69, 9.17) is 11.6 Å². The highest BCUT2D eigenvalue weighted by Gasteiger charge is 2.14. The van der Waals surface area contributed by atoms with E-state index >= 15 is 0 Å². The zero-order valence-electron chi connectivity index (χ0n) is 9.84. The van der Waals surface area contributed by atoms with Crippen LogP contribution in [-0.4, -0.2) is 10.0 Å². The van der Waals surface area contributed by atoms with Gasteiger partial charge in [0, 0.05) is 11.6 Å². The Hall–Kier alpha value is -2.27. The second kappa shape index (κ2) is 5.58. The van der Waals surface area contributed by atoms with Gasteiger partial charge in [-0.1, -0.05) is 23.7 Å². The van der Waals surface area contributed by atoms with E-state index in [-0.39, 0.29) is 11.4 Å². The van der Waals surface area contributed by atoms with E-state index in [1.165, 1.54) is 12.1 Å². The maximum absolute atomic E-state index is 10.9. The lowest BCUT2D eigenvalue weighted by molar-refractivity contribution is -0.384. The highest BCUT2D eigenvalue weighted by molar-refractivity contribution is 6.30. The molecule has 2 rings (SSSR count). The predicted molar refractivity (Wildman–Crippen MR) is 73.5 cm³/mol. The van der Waals surface area contributed by atoms with E-state index in [0.717, 1.165) is 11.6 Å². The van der Waals surface area contributed by atoms with E-state index in [9.17, 15) is 15.2 Å². The zero-order chi connectivity index (χ0) is 13.8. The van der Waals surface area contributed by atoms with Crippen molar-refractivity contribution in [3.05, 3.63) is 63.2 Å². The molecule has 0 spiro atoms. The van der Waals surface area contributed by atoms with E-state index < -0.39 is 4.92 Å². The summed E-state index contributed by atoms with van der Waals surface area (Å²) in [6, 6.07) is 11.2. The number of anilines is 1. The van der Waals surface area contributed by atoms with E-state index in [1.54, 1.807) is 12.1 Å². The second-order valence-electron chi connectivity index (χ2n) is 3.94. The number of nitrogens with one attached hydrogen (secondary N) is 1. The maximum Gasteiger partial charge on any atom is 0.296 e. The van der Waals surface area contributed by atoms with Crippen molar-refractivity contribution in [2.75, 3.05) is 5.32 Å². The Morgan fingerprint density at radius 1 is 1.26 bits per heavy atom. The SMILES string of the molecule is O=[N+]([O-])c1cc(O)ccc1NCc1cccc(Cl)c1. The minimum absolute atomic E-state index is 0.139. The number of rotatable bonds is 4. The van der Waals surface area contributed by atoms with Gasteiger partial charge >= 0.3 is 0 Å². The molecule has 2 aromatic rings. The summed E-state index contributed by atoms with van der Waals surface area (Å²) < 4.78 is 0. The van der Waals surface area contributed by atoms with Gasteiger partial charge in [0.2, 0.25) is 0 Å². The molecule has 0 atom stereocenters. The molecule has 5 nitrogen and oxygen atoms in total. The predicted octanol–water partition coefficient (Wildman–Crippen LogP) is 3.57. The van der Waals surface area contributed by atoms with Gasteiger partial charge in [-0.3, -0.25) is 10.1 Å². The standard InChI is InChI=1S/C13H11ClN2O3/c14-10-3-1-2-9(6-10)8-15-12-5-4-11(17)7-13(12)16(18)19/h1-7,15,17H,8H2. The van der Waals surface area contributed by atoms with Crippen molar-refractivity contribution in [1.29, 1.82) is 0 Å². The van der Waals surface area contributed by atoms with Gasteiger partial charge in [-0.25, -0.2) is 0 Å². The van der Waals surface area contributed by atoms with Gasteiger partial charge in [0.15, 0.2) is 0 Å². The molecule has 2 aromatic carbocycles. The summed E-state index contributed by atoms with van der Waals surface area (Å²) in [7, 11) is 0. The molecule has 2 N–H and O–H groups in total. The molecule has 6 heteroatoms. The summed E-state index contributed by atoms with van der Waals surface area (Å²) >= 11 is 5.86. The lowest BCUT2D eigenvalue weighted by atomic mass is 10.2. The number of halogens is 1. The van der Waals surface area contributed by atoms with E-state index in [1.807, 2.05) is 12.1 Å². The normalized spacial score (nSPS) is 10.2. The summed E-state index contributed by atoms with van der Waals surface area (Å²) in [6.45, 7) is 0.409. The third kappa shape index (κ3) is 3.35. The molecule has 0 aromatic heterocycles. The Morgan fingerprint density at radius 2 is 2.05 bits per heavy atom. The van der Waals surface area contributed by atoms with Gasteiger partial charge in [-0.2, -0.15) is 0 Å². The topological polar surface area (TPSA) is 75.4 Å². The van der Waals surface area contributed by atoms with Crippen LogP contribution in [0.2, 0.25) is 5.02 Å². The molecule has 0 amide bonds. The molecule has 0 saturated heterocycles. The van der Waals surface area contributed by atoms with Crippen LogP contribution in [0.4, 0.5) is 11.4 Å². The molecular formula is C13H11ClN2O3. The number of phenols is 1. The van der Waals surface area contributed by atoms with Gasteiger partial charge in [-0.05, 0) is 29.8 Å². The number of nitro groups is 1. The third-order valence-electron chi connectivity index (χ3n) is 2.55. The Kier molecular flexibility index (Phi) is 3.87. The first kappa shape index (κ1) is 13.2. The third-order valence-corrected chi connectivity index (χ3v) is 2.79. The first-order chi connectivity index (χ1) is 9.06. The van der Waals surface area contributed by atoms with Crippen LogP contribution in [0, 0.1) is 10.1 Å². The Bertz CT molecular complexity index is 617. The lowest BCUT2D eigenvalue weighted by Gasteiger charge is -2.07. The van der Waals surface area contributed by atoms with E-state index in [2.05, 4.69) is 5.32 Å². The van der Waals surface area contributed by atoms with Crippen molar-refractivity contribution in [2.24, 2.45) is 0 Å². The van der Waals surface area contributed by atoms with Crippen LogP contribution in [0.25, 0.3) is 0 Å². The highest BCUT2D eigenvalue weighted by Crippen LogP contribution is 2.28. The average molecular weight is 279 g/mol. The molecule has 0 radical (unpaired) electrons. The number of nitro benzene ring substituents is 1. The molecule has 98 valence electrons. The summed E-state index contributed by atoms with van der Waals surface area (Å²) in [5, 5.41) is 23.7. The number of benzene rings is 2. The maximum atomic E-state index is 10.9. The number of aromatic hydroxyl groups is 1. The van der Waals surface area contributed by atoms with Gasteiger partial charge < -0.3 is 10.4 Å². The molecule has 0 unspecified atom stereocenters. The molecule has 0 saturated carbocycles. The molecule has 0 fully saturated rings. The highest BCUT2D eigenvalue weighted by atomic mass is 35.5. The van der Waals surface area contributed by atoms with Crippen LogP contribution in [0.5, 0.6) is 5.75 Å². The first-order valence-corrected chi connectivity index (χ1v) is 5.90. The molecule has 0 heterocycles. The van der Waals surface area contributed by atoms with Crippen molar-refractivity contribution in [1.82, 2.24) is 0 Å². The van der Waals surface area contributed by atoms with Gasteiger partial charge in [0.25, 0.3) is 5.69 Å². The number of phenolic OH excluding ortho intramolecular Hbond substituents is 1. The fourth-order valence-electron chi connectivity index (χ4n) is 1.66. The fraction of sp³-hybridized carbons (Fsp3) is 0.0769. The van der Waals surface area contributed by atoms with Crippen LogP contribution in [0.3, 0.4) is 0 Å². The van der Waals surface area contributed by atoms with Crippen LogP contribution in [0.1, 0.15) is 5.56 Å². The summed E-state index contributed by atoms with van der Waals surface area (Å²) in [6.07, 6.45) is 0. The smallest absolute Gasteiger partial charge is 0.296 e. The van der Waals surface area contributed by atoms with Crippen LogP contribution < -0.4 is 5.32 Å². The van der Waals surface area contributed by atoms with Crippen LogP contribution >= 0.6 is 11.6 Å². The molecule has 0 aliphatic heterocycles. The quantitative estimate of drug-likeness (QED) is 0.509. The van der Waals surface area contributed by atoms with Crippen LogP contribution in [0.15, 0.2) is 42.5 Å². The summed E-state index contributed by atoms with van der Waals surface area (Å²) in [5.41, 5.74) is 1.10. The Labute approximate surface area is 114 Å². The molecule has 0 aliphatic carbocycles. The largest absolute Gasteiger partial charge is 0.508 e. The summed E-state index contributed by atoms with van der Waals surface area (Å²) in [5.74, 6) is -0.139. The average Bonchev–Trinajstić information content (AvgIpc) is 2.37. The monoisotopic (exact) mass is 278 g/mol. The van der Waals surface area contributed by atoms with Gasteiger partial charge in [0.1, 0.15) is 11.4 Å². The molecule has 0 bridgehead atoms. The Morgan fingerprint density at radius 3 is 2.74 bits per heavy atom. The van der Waals surface area contributed by atoms with Crippen molar-refractivity contribution in [2.45, 2.75) is 6.54 Å². The van der Waals surface area contributed by atoms with Gasteiger partial charge in [0.05, 0.1) is 11.0 Å². The number of hydrogen-bond donors (Lipinski definition) is 2. The minimum Gasteiger partial charge on any atom is -0.508 e. The molecule has 0 aliphatic rings. The van der Waals surface area contributed by atoms with Crippen molar-refractivity contribution in [3.8, 4) is 5.75 Å². The van der Waals surface area contributed by atoms with Crippen molar-refractivity contribution in [3.63, 3.8) is 0 Å². The van der Waals surface area contributed by atoms with Crippen molar-refractivity contribution >= 4 is 23.0 Å². The number of nitrogens with zero attached hydrogens (tertiary/aromatic N) is 1. The van der Waals surface area contributed by atoms with Gasteiger partial charge in [-0.15, -0.1) is 0 Å².